The summed E-state index contributed by atoms with van der Waals surface area (Å²) in [4.78, 5) is 18.2. The third-order valence-corrected chi connectivity index (χ3v) is 4.24. The van der Waals surface area contributed by atoms with Crippen molar-refractivity contribution in [3.05, 3.63) is 51.9 Å². The second-order valence-corrected chi connectivity index (χ2v) is 6.38. The topological polar surface area (TPSA) is 47.4 Å². The van der Waals surface area contributed by atoms with Gasteiger partial charge in [0.05, 0.1) is 12.1 Å². The molecule has 24 heavy (non-hydrogen) atoms. The van der Waals surface area contributed by atoms with Crippen molar-refractivity contribution in [2.45, 2.75) is 39.5 Å². The van der Waals surface area contributed by atoms with Crippen molar-refractivity contribution in [1.29, 1.82) is 0 Å². The van der Waals surface area contributed by atoms with Gasteiger partial charge in [-0.1, -0.05) is 12.1 Å². The van der Waals surface area contributed by atoms with Gasteiger partial charge in [0.1, 0.15) is 12.4 Å². The van der Waals surface area contributed by atoms with Gasteiger partial charge in [-0.15, -0.1) is 0 Å². The molecule has 1 aliphatic heterocycles. The first-order valence-corrected chi connectivity index (χ1v) is 7.78. The summed E-state index contributed by atoms with van der Waals surface area (Å²) in [7, 11) is 0. The quantitative estimate of drug-likeness (QED) is 0.862. The maximum atomic E-state index is 13.7. The lowest BCUT2D eigenvalue weighted by molar-refractivity contribution is 0.283. The zero-order chi connectivity index (χ0) is 17.5. The minimum absolute atomic E-state index is 0.0741. The molecule has 128 valence electrons. The van der Waals surface area contributed by atoms with Gasteiger partial charge in [0, 0.05) is 18.2 Å². The summed E-state index contributed by atoms with van der Waals surface area (Å²) in [5.74, 6) is -1.06. The average Bonchev–Trinajstić information content (AvgIpc) is 2.79. The second kappa shape index (κ2) is 5.89. The molecule has 0 saturated carbocycles. The van der Waals surface area contributed by atoms with Crippen LogP contribution in [0.1, 0.15) is 26.3 Å². The molecule has 2 aromatic rings. The van der Waals surface area contributed by atoms with Gasteiger partial charge in [0.25, 0.3) is 0 Å². The Morgan fingerprint density at radius 1 is 1.33 bits per heavy atom. The standard InChI is InChI=1S/C17H19F2N3O2/c1-4-22-14-8-13(20-16(23)21(14)10-17(22,2)3)24-9-11-6-5-7-12(18)15(11)19/h5-8H,4,9-10H2,1-3H3. The minimum atomic E-state index is -0.952. The number of rotatable bonds is 4. The van der Waals surface area contributed by atoms with E-state index in [2.05, 4.69) is 9.88 Å². The molecule has 1 aromatic carbocycles. The molecular weight excluding hydrogens is 316 g/mol. The minimum Gasteiger partial charge on any atom is -0.472 e. The van der Waals surface area contributed by atoms with Crippen LogP contribution in [0.3, 0.4) is 0 Å². The Hall–Kier alpha value is -2.44. The number of benzene rings is 1. The first kappa shape index (κ1) is 16.4. The highest BCUT2D eigenvalue weighted by molar-refractivity contribution is 5.48. The average molecular weight is 335 g/mol. The molecule has 3 rings (SSSR count). The summed E-state index contributed by atoms with van der Waals surface area (Å²) >= 11 is 0. The van der Waals surface area contributed by atoms with Gasteiger partial charge in [-0.25, -0.2) is 13.6 Å². The van der Waals surface area contributed by atoms with Crippen molar-refractivity contribution in [2.75, 3.05) is 11.4 Å². The zero-order valence-corrected chi connectivity index (χ0v) is 13.8. The van der Waals surface area contributed by atoms with Gasteiger partial charge < -0.3 is 9.64 Å². The van der Waals surface area contributed by atoms with E-state index in [1.165, 1.54) is 12.1 Å². The number of aromatic nitrogens is 2. The predicted molar refractivity (Wildman–Crippen MR) is 86.3 cm³/mol. The largest absolute Gasteiger partial charge is 0.472 e. The molecule has 5 nitrogen and oxygen atoms in total. The fourth-order valence-corrected chi connectivity index (χ4v) is 3.10. The van der Waals surface area contributed by atoms with E-state index in [0.717, 1.165) is 18.4 Å². The van der Waals surface area contributed by atoms with Crippen molar-refractivity contribution in [3.63, 3.8) is 0 Å². The highest BCUT2D eigenvalue weighted by Gasteiger charge is 2.36. The summed E-state index contributed by atoms with van der Waals surface area (Å²) in [5.41, 5.74) is -0.535. The first-order valence-electron chi connectivity index (χ1n) is 7.78. The van der Waals surface area contributed by atoms with Crippen molar-refractivity contribution in [1.82, 2.24) is 9.55 Å². The van der Waals surface area contributed by atoms with Gasteiger partial charge in [0.15, 0.2) is 11.6 Å². The monoisotopic (exact) mass is 335 g/mol. The third kappa shape index (κ3) is 2.74. The smallest absolute Gasteiger partial charge is 0.352 e. The molecule has 2 heterocycles. The normalized spacial score (nSPS) is 15.5. The van der Waals surface area contributed by atoms with E-state index in [9.17, 15) is 13.6 Å². The summed E-state index contributed by atoms with van der Waals surface area (Å²) < 4.78 is 33.9. The summed E-state index contributed by atoms with van der Waals surface area (Å²) in [5, 5.41) is 0. The molecule has 7 heteroatoms. The van der Waals surface area contributed by atoms with Gasteiger partial charge in [-0.2, -0.15) is 4.98 Å². The number of fused-ring (bicyclic) bond motifs is 1. The van der Waals surface area contributed by atoms with E-state index in [-0.39, 0.29) is 23.6 Å². The molecule has 0 fully saturated rings. The van der Waals surface area contributed by atoms with Crippen molar-refractivity contribution in [3.8, 4) is 5.88 Å². The van der Waals surface area contributed by atoms with E-state index in [1.54, 1.807) is 10.6 Å². The Bertz CT molecular complexity index is 833. The van der Waals surface area contributed by atoms with Crippen molar-refractivity contribution >= 4 is 5.82 Å². The molecule has 1 aromatic heterocycles. The maximum absolute atomic E-state index is 13.7. The van der Waals surface area contributed by atoms with Crippen LogP contribution in [0.15, 0.2) is 29.1 Å². The van der Waals surface area contributed by atoms with Crippen LogP contribution in [-0.2, 0) is 13.2 Å². The van der Waals surface area contributed by atoms with Crippen LogP contribution in [0.2, 0.25) is 0 Å². The molecule has 0 N–H and O–H groups in total. The fraction of sp³-hybridized carbons (Fsp3) is 0.412. The van der Waals surface area contributed by atoms with Gasteiger partial charge in [-0.05, 0) is 26.8 Å². The number of hydrogen-bond donors (Lipinski definition) is 0. The lowest BCUT2D eigenvalue weighted by Gasteiger charge is -2.31. The molecule has 0 radical (unpaired) electrons. The first-order chi connectivity index (χ1) is 11.3. The highest BCUT2D eigenvalue weighted by Crippen LogP contribution is 2.33. The fourth-order valence-electron chi connectivity index (χ4n) is 3.10. The van der Waals surface area contributed by atoms with Gasteiger partial charge >= 0.3 is 5.69 Å². The Labute approximate surface area is 138 Å². The SMILES string of the molecule is CCN1c2cc(OCc3cccc(F)c3F)nc(=O)n2CC1(C)C. The lowest BCUT2D eigenvalue weighted by Crippen LogP contribution is -2.41. The van der Waals surface area contributed by atoms with Crippen LogP contribution < -0.4 is 15.3 Å². The third-order valence-electron chi connectivity index (χ3n) is 4.24. The summed E-state index contributed by atoms with van der Waals surface area (Å²) in [6.45, 7) is 7.17. The molecule has 0 aliphatic carbocycles. The molecular formula is C17H19F2N3O2. The van der Waals surface area contributed by atoms with Crippen LogP contribution >= 0.6 is 0 Å². The van der Waals surface area contributed by atoms with Gasteiger partial charge in [0.2, 0.25) is 5.88 Å². The molecule has 0 amide bonds. The van der Waals surface area contributed by atoms with E-state index < -0.39 is 17.3 Å². The van der Waals surface area contributed by atoms with Crippen molar-refractivity contribution < 1.29 is 13.5 Å². The Kier molecular flexibility index (Phi) is 4.03. The Morgan fingerprint density at radius 2 is 2.08 bits per heavy atom. The lowest BCUT2D eigenvalue weighted by atomic mass is 10.1. The Balaban J connectivity index is 1.88. The van der Waals surface area contributed by atoms with Crippen LogP contribution in [0.5, 0.6) is 5.88 Å². The van der Waals surface area contributed by atoms with E-state index in [0.29, 0.717) is 6.54 Å². The van der Waals surface area contributed by atoms with Gasteiger partial charge in [-0.3, -0.25) is 4.57 Å². The van der Waals surface area contributed by atoms with Crippen LogP contribution in [0, 0.1) is 11.6 Å². The number of ether oxygens (including phenoxy) is 1. The molecule has 0 atom stereocenters. The number of likely N-dealkylation sites (N-methyl/N-ethyl adjacent to an activating group) is 1. The van der Waals surface area contributed by atoms with E-state index in [4.69, 9.17) is 4.74 Å². The van der Waals surface area contributed by atoms with E-state index in [1.807, 2.05) is 20.8 Å². The molecule has 0 saturated heterocycles. The number of halogens is 2. The Morgan fingerprint density at radius 3 is 2.79 bits per heavy atom. The number of anilines is 1. The second-order valence-electron chi connectivity index (χ2n) is 6.38. The van der Waals surface area contributed by atoms with Crippen molar-refractivity contribution in [2.24, 2.45) is 0 Å². The predicted octanol–water partition coefficient (Wildman–Crippen LogP) is 2.72. The molecule has 1 aliphatic rings. The molecule has 0 bridgehead atoms. The molecule has 0 unspecified atom stereocenters. The van der Waals surface area contributed by atoms with E-state index >= 15 is 0 Å². The van der Waals surface area contributed by atoms with Crippen LogP contribution in [0.25, 0.3) is 0 Å². The highest BCUT2D eigenvalue weighted by atomic mass is 19.2. The molecule has 0 spiro atoms. The van der Waals surface area contributed by atoms with Crippen LogP contribution in [0.4, 0.5) is 14.6 Å². The number of nitrogens with zero attached hydrogens (tertiary/aromatic N) is 3. The maximum Gasteiger partial charge on any atom is 0.352 e. The zero-order valence-electron chi connectivity index (χ0n) is 13.8. The summed E-state index contributed by atoms with van der Waals surface area (Å²) in [6.07, 6.45) is 0. The number of hydrogen-bond acceptors (Lipinski definition) is 4. The summed E-state index contributed by atoms with van der Waals surface area (Å²) in [6, 6.07) is 5.54. The van der Waals surface area contributed by atoms with Crippen LogP contribution in [-0.4, -0.2) is 21.6 Å².